The van der Waals surface area contributed by atoms with Gasteiger partial charge in [-0.1, -0.05) is 167 Å². The Kier molecular flexibility index (Phi) is 100. The van der Waals surface area contributed by atoms with Gasteiger partial charge in [-0.15, -0.1) is 34.0 Å². The molecule has 418 valence electrons. The maximum atomic E-state index is 4.83. The predicted octanol–water partition coefficient (Wildman–Crippen LogP) is 22.5. The average molecular weight is 1090 g/mol. The van der Waals surface area contributed by atoms with Crippen LogP contribution < -0.4 is 0 Å². The van der Waals surface area contributed by atoms with Gasteiger partial charge in [-0.3, -0.25) is 9.97 Å². The lowest BCUT2D eigenvalue weighted by atomic mass is 10.2. The van der Waals surface area contributed by atoms with Crippen LogP contribution >= 0.6 is 45.5 Å². The van der Waals surface area contributed by atoms with E-state index in [9.17, 15) is 0 Å². The van der Waals surface area contributed by atoms with Crippen molar-refractivity contribution in [1.29, 1.82) is 0 Å². The molecule has 1 N–H and O–H groups in total. The normalized spacial score (nSPS) is 7.38. The summed E-state index contributed by atoms with van der Waals surface area (Å²) < 4.78 is 18.1. The Bertz CT molecular complexity index is 1580. The summed E-state index contributed by atoms with van der Waals surface area (Å²) in [6.07, 6.45) is 15.3. The van der Waals surface area contributed by atoms with Gasteiger partial charge in [0.05, 0.1) is 29.2 Å². The molecule has 0 aliphatic rings. The van der Waals surface area contributed by atoms with Gasteiger partial charge in [0.1, 0.15) is 17.8 Å². The van der Waals surface area contributed by atoms with E-state index in [1.807, 2.05) is 238 Å². The van der Waals surface area contributed by atoms with Crippen molar-refractivity contribution in [3.63, 3.8) is 0 Å². The highest BCUT2D eigenvalue weighted by Crippen LogP contribution is 2.04. The van der Waals surface area contributed by atoms with E-state index in [0.717, 1.165) is 22.4 Å². The van der Waals surface area contributed by atoms with Crippen molar-refractivity contribution in [2.24, 2.45) is 0 Å². The van der Waals surface area contributed by atoms with Gasteiger partial charge in [-0.05, 0) is 109 Å². The highest BCUT2D eigenvalue weighted by Gasteiger charge is 1.80. The number of rotatable bonds is 0. The Hall–Kier alpha value is -5.21. The van der Waals surface area contributed by atoms with Crippen molar-refractivity contribution in [3.05, 3.63) is 193 Å². The van der Waals surface area contributed by atoms with E-state index in [2.05, 4.69) is 72.8 Å². The fraction of sp³-hybridized carbons (Fsp3) is 0.450. The van der Waals surface area contributed by atoms with Crippen molar-refractivity contribution >= 4 is 45.5 Å². The number of benzene rings is 1. The van der Waals surface area contributed by atoms with E-state index in [1.54, 1.807) is 78.2 Å². The molecule has 0 aliphatic carbocycles. The number of furan rings is 1. The summed E-state index contributed by atoms with van der Waals surface area (Å²) in [6, 6.07) is 24.2. The number of aromatic amines is 1. The largest absolute Gasteiger partial charge is 0.470 e. The molecule has 0 saturated heterocycles. The Morgan fingerprint density at radius 3 is 1.16 bits per heavy atom. The first-order chi connectivity index (χ1) is 35.5. The molecule has 9 aromatic rings. The third kappa shape index (κ3) is 81.1. The molecule has 8 aromatic heterocycles. The molecule has 0 spiro atoms. The molecule has 0 unspecified atom stereocenters. The average Bonchev–Trinajstić information content (AvgIpc) is 4.29. The molecule has 1 aromatic carbocycles. The summed E-state index contributed by atoms with van der Waals surface area (Å²) in [5.41, 5.74) is 4.37. The van der Waals surface area contributed by atoms with E-state index >= 15 is 0 Å². The van der Waals surface area contributed by atoms with E-state index in [1.165, 1.54) is 43.8 Å². The van der Waals surface area contributed by atoms with Crippen LogP contribution in [0, 0.1) is 62.3 Å². The summed E-state index contributed by atoms with van der Waals surface area (Å²) in [5, 5.41) is 5.18. The first-order valence-corrected chi connectivity index (χ1v) is 29.4. The maximum Gasteiger partial charge on any atom is 0.190 e. The molecule has 9 nitrogen and oxygen atoms in total. The highest BCUT2D eigenvalue weighted by molar-refractivity contribution is 7.10. The van der Waals surface area contributed by atoms with Crippen LogP contribution in [0.25, 0.3) is 0 Å². The molecule has 0 fully saturated rings. The van der Waals surface area contributed by atoms with Crippen LogP contribution in [-0.2, 0) is 0 Å². The monoisotopic (exact) mass is 1090 g/mol. The minimum absolute atomic E-state index is 0.718. The van der Waals surface area contributed by atoms with Gasteiger partial charge in [0.25, 0.3) is 0 Å². The second-order valence-electron chi connectivity index (χ2n) is 10.9. The molecular weight excluding hydrogens is 981 g/mol. The Labute approximate surface area is 465 Å². The van der Waals surface area contributed by atoms with Crippen molar-refractivity contribution < 1.29 is 13.3 Å². The third-order valence-corrected chi connectivity index (χ3v) is 8.67. The van der Waals surface area contributed by atoms with E-state index < -0.39 is 0 Å². The third-order valence-electron chi connectivity index (χ3n) is 5.81. The SMILES string of the molecule is CC.CC.CC.CC.CC.CC.CC.CC.CC.Cc1ccc[nH]1.Cc1ccccc1.Cc1ccco1.Cc1cccs1.Cc1ccns1.Cc1cnco1.Cc1cncs1.Cc1ncco1.Cc1nccs1. The first-order valence-electron chi connectivity index (χ1n) is 26.0. The standard InChI is InChI=1S/C7H8.C5H7N.C5H6O.C5H6S.2C4H5NO.3C4H5NS.9C2H6/c1-7-5-3-2-4-6-7;3*1-5-3-2-4-6-5;1-4-2-5-3-6-4;1-4-5-2-3-6-4;1-4-2-5-3-6-4;1-4-5-2-3-6-4;1-4-2-3-5-6-4;9*1-2/h2-6H,1H3;2-4,6H,1H3;2*2-4H,1H3;5*2-3H,1H3;9*1-2H3. The van der Waals surface area contributed by atoms with Gasteiger partial charge in [-0.2, -0.15) is 0 Å². The van der Waals surface area contributed by atoms with Crippen LogP contribution in [0.4, 0.5) is 0 Å². The summed E-state index contributed by atoms with van der Waals surface area (Å²) >= 11 is 6.64. The minimum atomic E-state index is 0.718. The van der Waals surface area contributed by atoms with Crippen LogP contribution in [0.15, 0.2) is 158 Å². The van der Waals surface area contributed by atoms with Crippen molar-refractivity contribution in [2.45, 2.75) is 187 Å². The Morgan fingerprint density at radius 1 is 0.425 bits per heavy atom. The predicted molar refractivity (Wildman–Crippen MR) is 334 cm³/mol. The van der Waals surface area contributed by atoms with Gasteiger partial charge in [0.2, 0.25) is 0 Å². The van der Waals surface area contributed by atoms with Crippen LogP contribution in [0.5, 0.6) is 0 Å². The zero-order valence-electron chi connectivity index (χ0n) is 51.0. The van der Waals surface area contributed by atoms with Crippen LogP contribution in [0.1, 0.15) is 173 Å². The van der Waals surface area contributed by atoms with Crippen LogP contribution in [0.2, 0.25) is 0 Å². The van der Waals surface area contributed by atoms with Gasteiger partial charge in [-0.25, -0.2) is 14.3 Å². The number of hydrogen-bond donors (Lipinski definition) is 1. The summed E-state index contributed by atoms with van der Waals surface area (Å²) in [4.78, 5) is 22.1. The number of H-pyrrole nitrogens is 1. The van der Waals surface area contributed by atoms with Crippen molar-refractivity contribution in [2.75, 3.05) is 0 Å². The van der Waals surface area contributed by atoms with Crippen LogP contribution in [0.3, 0.4) is 0 Å². The Morgan fingerprint density at radius 2 is 1.03 bits per heavy atom. The van der Waals surface area contributed by atoms with Crippen molar-refractivity contribution in [3.8, 4) is 0 Å². The lowest BCUT2D eigenvalue weighted by molar-refractivity contribution is 0.521. The lowest BCUT2D eigenvalue weighted by Gasteiger charge is -1.82. The smallest absolute Gasteiger partial charge is 0.190 e. The number of nitrogens with zero attached hydrogens (tertiary/aromatic N) is 5. The lowest BCUT2D eigenvalue weighted by Crippen LogP contribution is -1.62. The number of nitrogens with one attached hydrogen (secondary N) is 1. The first kappa shape index (κ1) is 87.5. The fourth-order valence-corrected chi connectivity index (χ4v) is 4.89. The van der Waals surface area contributed by atoms with E-state index in [4.69, 9.17) is 13.3 Å². The number of aryl methyl sites for hydroxylation is 9. The van der Waals surface area contributed by atoms with E-state index in [-0.39, 0.29) is 0 Å². The number of thiazole rings is 2. The minimum Gasteiger partial charge on any atom is -0.470 e. The van der Waals surface area contributed by atoms with Gasteiger partial charge >= 0.3 is 0 Å². The highest BCUT2D eigenvalue weighted by atomic mass is 32.1. The molecule has 0 radical (unpaired) electrons. The van der Waals surface area contributed by atoms with Crippen molar-refractivity contribution in [1.82, 2.24) is 29.3 Å². The van der Waals surface area contributed by atoms with Gasteiger partial charge < -0.3 is 18.2 Å². The molecular formula is C60H106N6O3S4. The second-order valence-corrected chi connectivity index (χ2v) is 15.3. The molecule has 0 atom stereocenters. The van der Waals surface area contributed by atoms with Gasteiger partial charge in [0.15, 0.2) is 12.3 Å². The van der Waals surface area contributed by atoms with E-state index in [0.29, 0.717) is 0 Å². The Balaban J connectivity index is -0.0000000868. The summed E-state index contributed by atoms with van der Waals surface area (Å²) in [6.45, 7) is 53.9. The molecule has 9 rings (SSSR count). The second kappa shape index (κ2) is 83.6. The zero-order valence-corrected chi connectivity index (χ0v) is 54.2. The number of hydrogen-bond acceptors (Lipinski definition) is 12. The summed E-state index contributed by atoms with van der Waals surface area (Å²) in [7, 11) is 0. The number of oxazole rings is 2. The van der Waals surface area contributed by atoms with Crippen LogP contribution in [-0.4, -0.2) is 29.3 Å². The molecule has 0 aliphatic heterocycles. The number of aromatic nitrogens is 6. The summed E-state index contributed by atoms with van der Waals surface area (Å²) in [5.74, 6) is 2.54. The maximum absolute atomic E-state index is 4.83. The molecule has 0 amide bonds. The molecule has 8 heterocycles. The fourth-order valence-electron chi connectivity index (χ4n) is 3.10. The number of thiophene rings is 1. The quantitative estimate of drug-likeness (QED) is 0.159. The molecule has 0 bridgehead atoms. The topological polar surface area (TPSA) is 120 Å². The molecule has 73 heavy (non-hydrogen) atoms. The zero-order chi connectivity index (χ0) is 58.4. The molecule has 13 heteroatoms. The van der Waals surface area contributed by atoms with Gasteiger partial charge in [0, 0.05) is 57.4 Å². The molecule has 0 saturated carbocycles.